The molecule has 4 rings (SSSR count). The smallest absolute Gasteiger partial charge is 0.261 e. The maximum Gasteiger partial charge on any atom is 0.261 e. The van der Waals surface area contributed by atoms with Crippen LogP contribution in [0.2, 0.25) is 0 Å². The number of anilines is 2. The molecular weight excluding hydrogens is 436 g/mol. The number of halogens is 1. The van der Waals surface area contributed by atoms with Gasteiger partial charge in [0.25, 0.3) is 11.8 Å². The molecule has 1 saturated heterocycles. The van der Waals surface area contributed by atoms with Gasteiger partial charge in [0.1, 0.15) is 0 Å². The molecule has 1 fully saturated rings. The number of fused-ring (bicyclic) bond motifs is 1. The lowest BCUT2D eigenvalue weighted by Gasteiger charge is -2.29. The summed E-state index contributed by atoms with van der Waals surface area (Å²) in [6.07, 6.45) is 5.18. The molecule has 7 nitrogen and oxygen atoms in total. The van der Waals surface area contributed by atoms with Crippen LogP contribution in [0.4, 0.5) is 11.5 Å². The first-order chi connectivity index (χ1) is 14.0. The second-order valence-electron chi connectivity index (χ2n) is 7.17. The molecule has 0 atom stereocenters. The van der Waals surface area contributed by atoms with Crippen LogP contribution in [0.5, 0.6) is 0 Å². The fourth-order valence-electron chi connectivity index (χ4n) is 3.74. The second kappa shape index (κ2) is 8.32. The van der Waals surface area contributed by atoms with Gasteiger partial charge in [0.2, 0.25) is 5.91 Å². The van der Waals surface area contributed by atoms with Gasteiger partial charge < -0.3 is 10.2 Å². The lowest BCUT2D eigenvalue weighted by atomic mass is 10.1. The first kappa shape index (κ1) is 19.6. The van der Waals surface area contributed by atoms with E-state index in [-0.39, 0.29) is 30.7 Å². The van der Waals surface area contributed by atoms with Crippen molar-refractivity contribution < 1.29 is 14.4 Å². The zero-order valence-electron chi connectivity index (χ0n) is 15.9. The molecule has 0 saturated carbocycles. The number of hydrogen-bond donors (Lipinski definition) is 1. The van der Waals surface area contributed by atoms with Gasteiger partial charge in [0.15, 0.2) is 5.82 Å². The topological polar surface area (TPSA) is 82.6 Å². The van der Waals surface area contributed by atoms with E-state index < -0.39 is 0 Å². The van der Waals surface area contributed by atoms with E-state index in [1.807, 2.05) is 6.07 Å². The highest BCUT2D eigenvalue weighted by Gasteiger charge is 2.35. The molecule has 0 bridgehead atoms. The van der Waals surface area contributed by atoms with Crippen molar-refractivity contribution in [3.8, 4) is 0 Å². The third-order valence-electron chi connectivity index (χ3n) is 5.21. The summed E-state index contributed by atoms with van der Waals surface area (Å²) in [5.74, 6) is -0.213. The van der Waals surface area contributed by atoms with Crippen molar-refractivity contribution in [3.63, 3.8) is 0 Å². The maximum atomic E-state index is 12.5. The lowest BCUT2D eigenvalue weighted by molar-refractivity contribution is -0.116. The fourth-order valence-corrected chi connectivity index (χ4v) is 4.11. The molecule has 0 spiro atoms. The highest BCUT2D eigenvalue weighted by Crippen LogP contribution is 2.27. The van der Waals surface area contributed by atoms with E-state index in [1.54, 1.807) is 30.5 Å². The Balaban J connectivity index is 1.40. The van der Waals surface area contributed by atoms with Gasteiger partial charge in [-0.1, -0.05) is 15.9 Å². The molecule has 0 aliphatic carbocycles. The predicted octanol–water partition coefficient (Wildman–Crippen LogP) is 3.46. The van der Waals surface area contributed by atoms with Crippen LogP contribution in [-0.2, 0) is 4.79 Å². The van der Waals surface area contributed by atoms with Gasteiger partial charge in [-0.2, -0.15) is 0 Å². The van der Waals surface area contributed by atoms with E-state index in [0.717, 1.165) is 41.1 Å². The van der Waals surface area contributed by atoms with Crippen molar-refractivity contribution in [2.24, 2.45) is 0 Å². The first-order valence-electron chi connectivity index (χ1n) is 9.70. The second-order valence-corrected chi connectivity index (χ2v) is 8.09. The summed E-state index contributed by atoms with van der Waals surface area (Å²) >= 11 is 3.31. The number of benzene rings is 1. The Morgan fingerprint density at radius 1 is 1.07 bits per heavy atom. The zero-order chi connectivity index (χ0) is 20.4. The standard InChI is InChI=1S/C21H21BrN4O3/c22-14-6-7-15-16(13-14)21(29)26(20(15)28)12-8-18(27)24-17-5-4-9-23-19(17)25-10-2-1-3-11-25/h4-7,9,13H,1-3,8,10-12H2,(H,24,27). The maximum absolute atomic E-state index is 12.5. The number of carbonyl (C=O) groups excluding carboxylic acids is 3. The molecule has 2 aromatic rings. The molecule has 3 heterocycles. The van der Waals surface area contributed by atoms with Crippen LogP contribution in [-0.4, -0.2) is 47.2 Å². The molecule has 0 unspecified atom stereocenters. The quantitative estimate of drug-likeness (QED) is 0.696. The van der Waals surface area contributed by atoms with E-state index in [1.165, 1.54) is 6.42 Å². The van der Waals surface area contributed by atoms with E-state index >= 15 is 0 Å². The Labute approximate surface area is 177 Å². The normalized spacial score (nSPS) is 16.2. The van der Waals surface area contributed by atoms with Crippen LogP contribution in [0.1, 0.15) is 46.4 Å². The number of imide groups is 1. The van der Waals surface area contributed by atoms with Gasteiger partial charge in [0.05, 0.1) is 16.8 Å². The molecule has 2 aliphatic rings. The monoisotopic (exact) mass is 456 g/mol. The average Bonchev–Trinajstić information content (AvgIpc) is 2.97. The van der Waals surface area contributed by atoms with Crippen LogP contribution >= 0.6 is 15.9 Å². The summed E-state index contributed by atoms with van der Waals surface area (Å²) < 4.78 is 0.735. The van der Waals surface area contributed by atoms with Crippen LogP contribution < -0.4 is 10.2 Å². The number of piperidine rings is 1. The number of aromatic nitrogens is 1. The third-order valence-corrected chi connectivity index (χ3v) is 5.70. The number of hydrogen-bond acceptors (Lipinski definition) is 5. The molecule has 1 aromatic heterocycles. The summed E-state index contributed by atoms with van der Waals surface area (Å²) in [7, 11) is 0. The molecule has 3 amide bonds. The Morgan fingerprint density at radius 2 is 1.83 bits per heavy atom. The van der Waals surface area contributed by atoms with Crippen molar-refractivity contribution in [2.75, 3.05) is 29.9 Å². The largest absolute Gasteiger partial charge is 0.355 e. The Kier molecular flexibility index (Phi) is 5.62. The number of nitrogens with one attached hydrogen (secondary N) is 1. The zero-order valence-corrected chi connectivity index (χ0v) is 17.4. The van der Waals surface area contributed by atoms with Crippen LogP contribution in [0.15, 0.2) is 41.0 Å². The molecule has 150 valence electrons. The van der Waals surface area contributed by atoms with E-state index in [9.17, 15) is 14.4 Å². The molecule has 29 heavy (non-hydrogen) atoms. The third kappa shape index (κ3) is 4.03. The molecule has 1 aromatic carbocycles. The number of amides is 3. The summed E-state index contributed by atoms with van der Waals surface area (Å²) in [5.41, 5.74) is 1.40. The van der Waals surface area contributed by atoms with E-state index in [4.69, 9.17) is 0 Å². The Bertz CT molecular complexity index is 972. The fraction of sp³-hybridized carbons (Fsp3) is 0.333. The van der Waals surface area contributed by atoms with Gasteiger partial charge >= 0.3 is 0 Å². The highest BCUT2D eigenvalue weighted by atomic mass is 79.9. The van der Waals surface area contributed by atoms with E-state index in [0.29, 0.717) is 16.8 Å². The van der Waals surface area contributed by atoms with Gasteiger partial charge in [-0.05, 0) is 49.6 Å². The molecule has 8 heteroatoms. The molecular formula is C21H21BrN4O3. The molecule has 2 aliphatic heterocycles. The van der Waals surface area contributed by atoms with Crippen LogP contribution in [0.3, 0.4) is 0 Å². The summed E-state index contributed by atoms with van der Waals surface area (Å²) in [6.45, 7) is 1.88. The van der Waals surface area contributed by atoms with Crippen molar-refractivity contribution >= 4 is 45.2 Å². The molecule has 0 radical (unpaired) electrons. The average molecular weight is 457 g/mol. The SMILES string of the molecule is O=C(CCN1C(=O)c2ccc(Br)cc2C1=O)Nc1cccnc1N1CCCCC1. The highest BCUT2D eigenvalue weighted by molar-refractivity contribution is 9.10. The number of carbonyl (C=O) groups is 3. The summed E-state index contributed by atoms with van der Waals surface area (Å²) in [5, 5.41) is 2.89. The predicted molar refractivity (Wildman–Crippen MR) is 113 cm³/mol. The number of nitrogens with zero attached hydrogens (tertiary/aromatic N) is 3. The van der Waals surface area contributed by atoms with Gasteiger partial charge in [-0.25, -0.2) is 4.98 Å². The number of rotatable bonds is 5. The summed E-state index contributed by atoms with van der Waals surface area (Å²) in [4.78, 5) is 45.3. The number of pyridine rings is 1. The summed E-state index contributed by atoms with van der Waals surface area (Å²) in [6, 6.07) is 8.60. The van der Waals surface area contributed by atoms with Crippen LogP contribution in [0.25, 0.3) is 0 Å². The minimum absolute atomic E-state index is 0.0287. The first-order valence-corrected chi connectivity index (χ1v) is 10.5. The molecule has 1 N–H and O–H groups in total. The van der Waals surface area contributed by atoms with Crippen LogP contribution in [0, 0.1) is 0 Å². The Morgan fingerprint density at radius 3 is 2.62 bits per heavy atom. The van der Waals surface area contributed by atoms with Crippen molar-refractivity contribution in [2.45, 2.75) is 25.7 Å². The minimum atomic E-state index is -0.366. The van der Waals surface area contributed by atoms with Crippen molar-refractivity contribution in [3.05, 3.63) is 52.1 Å². The van der Waals surface area contributed by atoms with E-state index in [2.05, 4.69) is 31.1 Å². The lowest BCUT2D eigenvalue weighted by Crippen LogP contribution is -2.33. The van der Waals surface area contributed by atoms with Gasteiger partial charge in [-0.15, -0.1) is 0 Å². The Hall–Kier alpha value is -2.74. The van der Waals surface area contributed by atoms with Gasteiger partial charge in [-0.3, -0.25) is 19.3 Å². The van der Waals surface area contributed by atoms with Crippen molar-refractivity contribution in [1.29, 1.82) is 0 Å². The van der Waals surface area contributed by atoms with Gasteiger partial charge in [0, 0.05) is 36.7 Å². The minimum Gasteiger partial charge on any atom is -0.355 e. The van der Waals surface area contributed by atoms with Crippen molar-refractivity contribution in [1.82, 2.24) is 9.88 Å².